The van der Waals surface area contributed by atoms with Crippen LogP contribution in [0.25, 0.3) is 0 Å². The molecule has 0 aromatic heterocycles. The first kappa shape index (κ1) is 9.22. The van der Waals surface area contributed by atoms with Gasteiger partial charge < -0.3 is 10.0 Å². The van der Waals surface area contributed by atoms with E-state index < -0.39 is 5.60 Å². The van der Waals surface area contributed by atoms with Gasteiger partial charge in [0.25, 0.3) is 0 Å². The lowest BCUT2D eigenvalue weighted by Crippen LogP contribution is -2.19. The van der Waals surface area contributed by atoms with Gasteiger partial charge in [0.15, 0.2) is 0 Å². The number of hydrogen-bond acceptors (Lipinski definition) is 2. The molecule has 2 heteroatoms. The average molecular weight is 203 g/mol. The predicted octanol–water partition coefficient (Wildman–Crippen LogP) is 2.05. The van der Waals surface area contributed by atoms with Crippen molar-refractivity contribution in [2.75, 3.05) is 18.0 Å². The molecule has 0 atom stereocenters. The van der Waals surface area contributed by atoms with E-state index in [1.54, 1.807) is 0 Å². The predicted molar refractivity (Wildman–Crippen MR) is 61.2 cm³/mol. The lowest BCUT2D eigenvalue weighted by molar-refractivity contribution is 0.151. The van der Waals surface area contributed by atoms with Crippen LogP contribution in [0.5, 0.6) is 0 Å². The Morgan fingerprint density at radius 2 is 2.20 bits per heavy atom. The Morgan fingerprint density at radius 3 is 2.87 bits per heavy atom. The third-order valence-corrected chi connectivity index (χ3v) is 3.71. The summed E-state index contributed by atoms with van der Waals surface area (Å²) >= 11 is 0. The maximum absolute atomic E-state index is 10.0. The highest BCUT2D eigenvalue weighted by molar-refractivity contribution is 5.59. The van der Waals surface area contributed by atoms with Crippen LogP contribution in [0, 0.1) is 0 Å². The fourth-order valence-corrected chi connectivity index (χ4v) is 2.50. The Balaban J connectivity index is 1.98. The van der Waals surface area contributed by atoms with Gasteiger partial charge in [-0.15, -0.1) is 0 Å². The normalized spacial score (nSPS) is 21.6. The van der Waals surface area contributed by atoms with Crippen molar-refractivity contribution in [1.82, 2.24) is 0 Å². The van der Waals surface area contributed by atoms with E-state index in [9.17, 15) is 5.11 Å². The van der Waals surface area contributed by atoms with E-state index in [0.717, 1.165) is 37.9 Å². The topological polar surface area (TPSA) is 23.5 Å². The fraction of sp³-hybridized carbons (Fsp3) is 0.538. The lowest BCUT2D eigenvalue weighted by atomic mass is 10.0. The monoisotopic (exact) mass is 203 g/mol. The van der Waals surface area contributed by atoms with Crippen LogP contribution in [0.4, 0.5) is 5.69 Å². The van der Waals surface area contributed by atoms with E-state index in [1.165, 1.54) is 11.3 Å². The first-order valence-corrected chi connectivity index (χ1v) is 5.84. The van der Waals surface area contributed by atoms with Crippen LogP contribution in [0.1, 0.15) is 30.9 Å². The molecular weight excluding hydrogens is 186 g/mol. The summed E-state index contributed by atoms with van der Waals surface area (Å²) in [5.41, 5.74) is 3.42. The van der Waals surface area contributed by atoms with Crippen molar-refractivity contribution < 1.29 is 5.11 Å². The molecule has 0 radical (unpaired) electrons. The van der Waals surface area contributed by atoms with Gasteiger partial charge in [-0.05, 0) is 43.4 Å². The van der Waals surface area contributed by atoms with Gasteiger partial charge in [0.2, 0.25) is 0 Å². The van der Waals surface area contributed by atoms with Gasteiger partial charge in [0, 0.05) is 18.8 Å². The zero-order valence-electron chi connectivity index (χ0n) is 9.16. The first-order valence-electron chi connectivity index (χ1n) is 5.84. The summed E-state index contributed by atoms with van der Waals surface area (Å²) in [4.78, 5) is 2.40. The number of hydrogen-bond donors (Lipinski definition) is 1. The molecule has 0 saturated heterocycles. The van der Waals surface area contributed by atoms with Crippen molar-refractivity contribution in [3.05, 3.63) is 29.3 Å². The van der Waals surface area contributed by atoms with Gasteiger partial charge in [0.05, 0.1) is 5.60 Å². The molecule has 1 fully saturated rings. The zero-order chi connectivity index (χ0) is 10.5. The molecule has 3 rings (SSSR count). The Labute approximate surface area is 90.5 Å². The molecule has 80 valence electrons. The van der Waals surface area contributed by atoms with Gasteiger partial charge in [-0.3, -0.25) is 0 Å². The van der Waals surface area contributed by atoms with Crippen molar-refractivity contribution in [2.24, 2.45) is 0 Å². The smallest absolute Gasteiger partial charge is 0.0899 e. The SMILES string of the molecule is CCN1CCc2cc(C3(O)CC3)ccc21. The van der Waals surface area contributed by atoms with E-state index in [1.807, 2.05) is 0 Å². The molecule has 0 spiro atoms. The van der Waals surface area contributed by atoms with Crippen LogP contribution in [0.15, 0.2) is 18.2 Å². The largest absolute Gasteiger partial charge is 0.385 e. The summed E-state index contributed by atoms with van der Waals surface area (Å²) in [6, 6.07) is 6.48. The minimum Gasteiger partial charge on any atom is -0.385 e. The zero-order valence-corrected chi connectivity index (χ0v) is 9.16. The molecule has 1 aromatic rings. The molecule has 0 unspecified atom stereocenters. The van der Waals surface area contributed by atoms with Gasteiger partial charge in [0.1, 0.15) is 0 Å². The minimum atomic E-state index is -0.478. The van der Waals surface area contributed by atoms with E-state index >= 15 is 0 Å². The highest BCUT2D eigenvalue weighted by Gasteiger charge is 2.42. The maximum atomic E-state index is 10.0. The Bertz CT molecular complexity index is 396. The third-order valence-electron chi connectivity index (χ3n) is 3.71. The number of fused-ring (bicyclic) bond motifs is 1. The molecule has 2 nitrogen and oxygen atoms in total. The number of anilines is 1. The Morgan fingerprint density at radius 1 is 1.40 bits per heavy atom. The molecule has 1 aliphatic carbocycles. The minimum absolute atomic E-state index is 0.478. The summed E-state index contributed by atoms with van der Waals surface area (Å²) in [5, 5.41) is 10.0. The summed E-state index contributed by atoms with van der Waals surface area (Å²) in [6.07, 6.45) is 3.00. The van der Waals surface area contributed by atoms with Crippen molar-refractivity contribution in [3.8, 4) is 0 Å². The second-order valence-corrected chi connectivity index (χ2v) is 4.70. The third kappa shape index (κ3) is 1.36. The molecular formula is C13H17NO. The molecule has 0 bridgehead atoms. The molecule has 15 heavy (non-hydrogen) atoms. The summed E-state index contributed by atoms with van der Waals surface area (Å²) in [5.74, 6) is 0. The summed E-state index contributed by atoms with van der Waals surface area (Å²) in [6.45, 7) is 4.40. The van der Waals surface area contributed by atoms with Crippen LogP contribution in [-0.2, 0) is 12.0 Å². The number of rotatable bonds is 2. The quantitative estimate of drug-likeness (QED) is 0.795. The number of likely N-dealkylation sites (N-methyl/N-ethyl adjacent to an activating group) is 1. The molecule has 1 aromatic carbocycles. The van der Waals surface area contributed by atoms with E-state index in [4.69, 9.17) is 0 Å². The highest BCUT2D eigenvalue weighted by Crippen LogP contribution is 2.46. The van der Waals surface area contributed by atoms with Gasteiger partial charge >= 0.3 is 0 Å². The van der Waals surface area contributed by atoms with Crippen LogP contribution in [-0.4, -0.2) is 18.2 Å². The van der Waals surface area contributed by atoms with Gasteiger partial charge in [-0.25, -0.2) is 0 Å². The standard InChI is InChI=1S/C13H17NO/c1-2-14-8-5-10-9-11(3-4-12(10)14)13(15)6-7-13/h3-4,9,15H,2,5-8H2,1H3. The van der Waals surface area contributed by atoms with E-state index in [2.05, 4.69) is 30.0 Å². The van der Waals surface area contributed by atoms with Crippen molar-refractivity contribution in [2.45, 2.75) is 31.8 Å². The summed E-state index contributed by atoms with van der Waals surface area (Å²) in [7, 11) is 0. The summed E-state index contributed by atoms with van der Waals surface area (Å²) < 4.78 is 0. The second-order valence-electron chi connectivity index (χ2n) is 4.70. The van der Waals surface area contributed by atoms with Crippen LogP contribution in [0.2, 0.25) is 0 Å². The molecule has 1 heterocycles. The first-order chi connectivity index (χ1) is 7.23. The Kier molecular flexibility index (Phi) is 1.84. The second kappa shape index (κ2) is 2.99. The highest BCUT2D eigenvalue weighted by atomic mass is 16.3. The number of benzene rings is 1. The van der Waals surface area contributed by atoms with Crippen LogP contribution >= 0.6 is 0 Å². The molecule has 0 amide bonds. The van der Waals surface area contributed by atoms with Crippen LogP contribution in [0.3, 0.4) is 0 Å². The molecule has 1 N–H and O–H groups in total. The number of nitrogens with zero attached hydrogens (tertiary/aromatic N) is 1. The average Bonchev–Trinajstić information content (AvgIpc) is 2.88. The van der Waals surface area contributed by atoms with E-state index in [0.29, 0.717) is 0 Å². The molecule has 1 saturated carbocycles. The van der Waals surface area contributed by atoms with Gasteiger partial charge in [-0.1, -0.05) is 12.1 Å². The van der Waals surface area contributed by atoms with Crippen molar-refractivity contribution in [1.29, 1.82) is 0 Å². The molecule has 1 aliphatic heterocycles. The van der Waals surface area contributed by atoms with Crippen molar-refractivity contribution in [3.63, 3.8) is 0 Å². The molecule has 2 aliphatic rings. The fourth-order valence-electron chi connectivity index (χ4n) is 2.50. The lowest BCUT2D eigenvalue weighted by Gasteiger charge is -2.17. The maximum Gasteiger partial charge on any atom is 0.0899 e. The van der Waals surface area contributed by atoms with Crippen molar-refractivity contribution >= 4 is 5.69 Å². The van der Waals surface area contributed by atoms with Crippen LogP contribution < -0.4 is 4.90 Å². The number of aliphatic hydroxyl groups is 1. The Hall–Kier alpha value is -1.02. The van der Waals surface area contributed by atoms with E-state index in [-0.39, 0.29) is 0 Å². The van der Waals surface area contributed by atoms with Gasteiger partial charge in [-0.2, -0.15) is 0 Å².